The van der Waals surface area contributed by atoms with E-state index in [1.54, 1.807) is 0 Å². The van der Waals surface area contributed by atoms with Crippen molar-refractivity contribution in [1.29, 1.82) is 0 Å². The largest absolute Gasteiger partial charge is 0.490 e. The second kappa shape index (κ2) is 9.89. The van der Waals surface area contributed by atoms with Gasteiger partial charge in [-0.2, -0.15) is 0 Å². The maximum Gasteiger partial charge on any atom is 0.296 e. The molecule has 0 aromatic heterocycles. The fourth-order valence-electron chi connectivity index (χ4n) is 2.35. The molecule has 0 aliphatic carbocycles. The molecule has 1 N–H and O–H groups in total. The minimum absolute atomic E-state index is 0.106. The molecule has 0 radical (unpaired) electrons. The summed E-state index contributed by atoms with van der Waals surface area (Å²) in [7, 11) is 0. The van der Waals surface area contributed by atoms with Crippen LogP contribution in [0.15, 0.2) is 30.3 Å². The first-order chi connectivity index (χ1) is 13.4. The van der Waals surface area contributed by atoms with Gasteiger partial charge in [0.15, 0.2) is 11.5 Å². The Bertz CT molecular complexity index is 855. The van der Waals surface area contributed by atoms with E-state index in [2.05, 4.69) is 5.32 Å². The number of carbonyl (C=O) groups is 1. The van der Waals surface area contributed by atoms with Crippen LogP contribution in [0.4, 0.5) is 15.8 Å². The first kappa shape index (κ1) is 21.4. The van der Waals surface area contributed by atoms with Gasteiger partial charge in [0.2, 0.25) is 0 Å². The number of halogens is 2. The predicted octanol–water partition coefficient (Wildman–Crippen LogP) is 5.22. The lowest BCUT2D eigenvalue weighted by atomic mass is 10.1. The highest BCUT2D eigenvalue weighted by Gasteiger charge is 2.24. The normalized spacial score (nSPS) is 10.4. The molecule has 2 rings (SSSR count). The summed E-state index contributed by atoms with van der Waals surface area (Å²) in [6, 6.07) is 6.26. The number of rotatable bonds is 9. The zero-order valence-corrected chi connectivity index (χ0v) is 16.2. The number of amides is 1. The highest BCUT2D eigenvalue weighted by atomic mass is 35.5. The Morgan fingerprint density at radius 1 is 1.18 bits per heavy atom. The van der Waals surface area contributed by atoms with Crippen molar-refractivity contribution in [3.05, 3.63) is 56.8 Å². The van der Waals surface area contributed by atoms with Crippen LogP contribution in [-0.2, 0) is 0 Å². The van der Waals surface area contributed by atoms with E-state index in [9.17, 15) is 19.3 Å². The first-order valence-electron chi connectivity index (χ1n) is 8.72. The lowest BCUT2D eigenvalue weighted by Crippen LogP contribution is -2.16. The zero-order valence-electron chi connectivity index (χ0n) is 15.5. The summed E-state index contributed by atoms with van der Waals surface area (Å²) in [4.78, 5) is 23.3. The molecule has 7 nitrogen and oxygen atoms in total. The van der Waals surface area contributed by atoms with E-state index in [0.717, 1.165) is 6.07 Å². The second-order valence-electron chi connectivity index (χ2n) is 5.82. The molecule has 0 saturated heterocycles. The average molecular weight is 411 g/mol. The lowest BCUT2D eigenvalue weighted by molar-refractivity contribution is -0.384. The molecule has 0 bridgehead atoms. The van der Waals surface area contributed by atoms with Crippen LogP contribution in [0.5, 0.6) is 11.5 Å². The summed E-state index contributed by atoms with van der Waals surface area (Å²) in [5.41, 5.74) is -0.958. The van der Waals surface area contributed by atoms with Crippen LogP contribution in [0, 0.1) is 15.9 Å². The molecule has 0 aliphatic rings. The summed E-state index contributed by atoms with van der Waals surface area (Å²) >= 11 is 5.90. The molecule has 0 spiro atoms. The molecular formula is C19H20ClFN2O5. The summed E-state index contributed by atoms with van der Waals surface area (Å²) < 4.78 is 25.1. The third kappa shape index (κ3) is 5.10. The van der Waals surface area contributed by atoms with Crippen LogP contribution < -0.4 is 14.8 Å². The molecule has 2 aromatic carbocycles. The van der Waals surface area contributed by atoms with Gasteiger partial charge in [-0.25, -0.2) is 4.39 Å². The van der Waals surface area contributed by atoms with Gasteiger partial charge in [-0.15, -0.1) is 0 Å². The van der Waals surface area contributed by atoms with E-state index >= 15 is 0 Å². The Labute approximate surface area is 166 Å². The van der Waals surface area contributed by atoms with E-state index in [1.807, 2.05) is 13.8 Å². The monoisotopic (exact) mass is 410 g/mol. The van der Waals surface area contributed by atoms with Crippen molar-refractivity contribution in [1.82, 2.24) is 0 Å². The van der Waals surface area contributed by atoms with Crippen LogP contribution in [-0.4, -0.2) is 24.0 Å². The Balaban J connectivity index is 2.46. The third-order valence-corrected chi connectivity index (χ3v) is 3.94. The zero-order chi connectivity index (χ0) is 20.7. The maximum atomic E-state index is 14.0. The van der Waals surface area contributed by atoms with Crippen molar-refractivity contribution in [2.45, 2.75) is 26.7 Å². The van der Waals surface area contributed by atoms with E-state index in [-0.39, 0.29) is 22.2 Å². The van der Waals surface area contributed by atoms with Crippen molar-refractivity contribution < 1.29 is 23.6 Å². The van der Waals surface area contributed by atoms with Gasteiger partial charge in [0.05, 0.1) is 34.8 Å². The molecule has 0 unspecified atom stereocenters. The molecule has 0 heterocycles. The van der Waals surface area contributed by atoms with Crippen molar-refractivity contribution in [3.8, 4) is 11.5 Å². The van der Waals surface area contributed by atoms with Crippen molar-refractivity contribution in [2.24, 2.45) is 0 Å². The predicted molar refractivity (Wildman–Crippen MR) is 104 cm³/mol. The number of benzene rings is 2. The molecule has 0 saturated carbocycles. The van der Waals surface area contributed by atoms with Gasteiger partial charge in [0.25, 0.3) is 11.6 Å². The molecule has 28 heavy (non-hydrogen) atoms. The first-order valence-corrected chi connectivity index (χ1v) is 9.10. The van der Waals surface area contributed by atoms with Gasteiger partial charge >= 0.3 is 0 Å². The SMILES string of the molecule is CCCOc1cc(NC(=O)c2c(F)cccc2Cl)c([N+](=O)[O-])cc1OCCC. The van der Waals surface area contributed by atoms with Crippen LogP contribution >= 0.6 is 11.6 Å². The number of nitrogens with zero attached hydrogens (tertiary/aromatic N) is 1. The van der Waals surface area contributed by atoms with Gasteiger partial charge in [-0.1, -0.05) is 31.5 Å². The molecule has 2 aromatic rings. The number of carbonyl (C=O) groups excluding carboxylic acids is 1. The molecule has 9 heteroatoms. The highest BCUT2D eigenvalue weighted by Crippen LogP contribution is 2.38. The quantitative estimate of drug-likeness (QED) is 0.452. The number of hydrogen-bond acceptors (Lipinski definition) is 5. The molecule has 1 amide bonds. The number of nitro groups is 1. The number of ether oxygens (including phenoxy) is 2. The van der Waals surface area contributed by atoms with Crippen molar-refractivity contribution in [2.75, 3.05) is 18.5 Å². The van der Waals surface area contributed by atoms with E-state index in [1.165, 1.54) is 24.3 Å². The highest BCUT2D eigenvalue weighted by molar-refractivity contribution is 6.34. The topological polar surface area (TPSA) is 90.7 Å². The van der Waals surface area contributed by atoms with E-state index < -0.39 is 27.9 Å². The summed E-state index contributed by atoms with van der Waals surface area (Å²) in [5.74, 6) is -1.30. The standard InChI is InChI=1S/C19H20ClFN2O5/c1-3-8-27-16-10-14(15(23(25)26)11-17(16)28-9-4-2)22-19(24)18-12(20)6-5-7-13(18)21/h5-7,10-11H,3-4,8-9H2,1-2H3,(H,22,24). The minimum atomic E-state index is -0.908. The number of nitro benzene ring substituents is 1. The Morgan fingerprint density at radius 2 is 1.79 bits per heavy atom. The smallest absolute Gasteiger partial charge is 0.296 e. The van der Waals surface area contributed by atoms with Crippen molar-refractivity contribution >= 4 is 28.9 Å². The Hall–Kier alpha value is -2.87. The average Bonchev–Trinajstić information content (AvgIpc) is 2.64. The molecular weight excluding hydrogens is 391 g/mol. The van der Waals surface area contributed by atoms with Crippen LogP contribution in [0.25, 0.3) is 0 Å². The third-order valence-electron chi connectivity index (χ3n) is 3.62. The second-order valence-corrected chi connectivity index (χ2v) is 6.23. The van der Waals surface area contributed by atoms with Gasteiger partial charge in [0.1, 0.15) is 11.5 Å². The Morgan fingerprint density at radius 3 is 2.32 bits per heavy atom. The summed E-state index contributed by atoms with van der Waals surface area (Å²) in [6.45, 7) is 4.50. The molecule has 0 fully saturated rings. The van der Waals surface area contributed by atoms with Gasteiger partial charge in [-0.05, 0) is 25.0 Å². The summed E-state index contributed by atoms with van der Waals surface area (Å²) in [6.07, 6.45) is 1.40. The van der Waals surface area contributed by atoms with E-state index in [4.69, 9.17) is 21.1 Å². The van der Waals surface area contributed by atoms with Gasteiger partial charge in [0, 0.05) is 6.07 Å². The van der Waals surface area contributed by atoms with Crippen LogP contribution in [0.2, 0.25) is 5.02 Å². The number of hydrogen-bond donors (Lipinski definition) is 1. The molecule has 0 atom stereocenters. The van der Waals surface area contributed by atoms with Crippen LogP contribution in [0.1, 0.15) is 37.0 Å². The molecule has 0 aliphatic heterocycles. The maximum absolute atomic E-state index is 14.0. The van der Waals surface area contributed by atoms with Crippen molar-refractivity contribution in [3.63, 3.8) is 0 Å². The fourth-order valence-corrected chi connectivity index (χ4v) is 2.60. The van der Waals surface area contributed by atoms with Gasteiger partial charge in [-0.3, -0.25) is 14.9 Å². The minimum Gasteiger partial charge on any atom is -0.490 e. The summed E-state index contributed by atoms with van der Waals surface area (Å²) in [5, 5.41) is 13.7. The van der Waals surface area contributed by atoms with Crippen LogP contribution in [0.3, 0.4) is 0 Å². The van der Waals surface area contributed by atoms with E-state index in [0.29, 0.717) is 26.1 Å². The lowest BCUT2D eigenvalue weighted by Gasteiger charge is -2.15. The molecule has 150 valence electrons. The number of anilines is 1. The fraction of sp³-hybridized carbons (Fsp3) is 0.316. The Kier molecular flexibility index (Phi) is 7.57. The van der Waals surface area contributed by atoms with Gasteiger partial charge < -0.3 is 14.8 Å². The number of nitrogens with one attached hydrogen (secondary N) is 1.